The number of esters is 1. The molecule has 1 heterocycles. The van der Waals surface area contributed by atoms with Crippen molar-refractivity contribution in [3.8, 4) is 5.75 Å². The highest BCUT2D eigenvalue weighted by molar-refractivity contribution is 6.32. The number of anilines is 1. The van der Waals surface area contributed by atoms with Crippen LogP contribution in [-0.2, 0) is 20.5 Å². The first-order valence-corrected chi connectivity index (χ1v) is 11.0. The van der Waals surface area contributed by atoms with Crippen molar-refractivity contribution in [3.05, 3.63) is 58.6 Å². The van der Waals surface area contributed by atoms with Gasteiger partial charge in [-0.15, -0.1) is 13.2 Å². The van der Waals surface area contributed by atoms with Gasteiger partial charge in [0.15, 0.2) is 0 Å². The Bertz CT molecular complexity index is 1200. The maximum Gasteiger partial charge on any atom is 0.573 e. The fourth-order valence-electron chi connectivity index (χ4n) is 3.64. The normalized spacial score (nSPS) is 17.9. The van der Waals surface area contributed by atoms with Gasteiger partial charge >= 0.3 is 18.5 Å². The summed E-state index contributed by atoms with van der Waals surface area (Å²) in [5, 5.41) is 7.41. The van der Waals surface area contributed by atoms with Crippen LogP contribution in [0.15, 0.2) is 47.6 Å². The molecule has 0 spiro atoms. The predicted octanol–water partition coefficient (Wildman–Crippen LogP) is 5.49. The van der Waals surface area contributed by atoms with E-state index in [-0.39, 0.29) is 36.7 Å². The topological polar surface area (TPSA) is 80.2 Å². The Morgan fingerprint density at radius 3 is 2.30 bits per heavy atom. The van der Waals surface area contributed by atoms with Crippen molar-refractivity contribution < 1.29 is 45.4 Å². The lowest BCUT2D eigenvalue weighted by Crippen LogP contribution is -2.41. The molecule has 7 nitrogen and oxygen atoms in total. The van der Waals surface area contributed by atoms with Crippen molar-refractivity contribution in [2.45, 2.75) is 26.4 Å². The number of halogens is 7. The Kier molecular flexibility index (Phi) is 7.96. The molecule has 3 rings (SSSR count). The van der Waals surface area contributed by atoms with Crippen molar-refractivity contribution >= 4 is 34.9 Å². The summed E-state index contributed by atoms with van der Waals surface area (Å²) in [6, 6.07) is 7.36. The van der Waals surface area contributed by atoms with Crippen molar-refractivity contribution in [3.63, 3.8) is 0 Å². The monoisotopic (exact) mass is 551 g/mol. The highest BCUT2D eigenvalue weighted by Gasteiger charge is 2.47. The number of nitrogens with zero attached hydrogens (tertiary/aromatic N) is 2. The first-order valence-electron chi connectivity index (χ1n) is 10.7. The molecule has 1 aliphatic heterocycles. The molecule has 1 atom stereocenters. The van der Waals surface area contributed by atoms with E-state index < -0.39 is 46.2 Å². The van der Waals surface area contributed by atoms with Gasteiger partial charge < -0.3 is 14.8 Å². The number of benzene rings is 2. The molecule has 2 aromatic rings. The number of hydrogen-bond acceptors (Lipinski definition) is 6. The number of ether oxygens (including phenoxy) is 2. The number of alkyl halides is 6. The molecule has 1 amide bonds. The van der Waals surface area contributed by atoms with Gasteiger partial charge in [0.25, 0.3) is 0 Å². The number of nitrogens with one attached hydrogen (secondary N) is 1. The number of carbonyl (C=O) groups excluding carboxylic acids is 2. The predicted molar refractivity (Wildman–Crippen MR) is 121 cm³/mol. The van der Waals surface area contributed by atoms with Crippen LogP contribution in [0.4, 0.5) is 32.0 Å². The lowest BCUT2D eigenvalue weighted by Gasteiger charge is -2.24. The highest BCUT2D eigenvalue weighted by atomic mass is 35.5. The van der Waals surface area contributed by atoms with Gasteiger partial charge in [-0.3, -0.25) is 14.6 Å². The van der Waals surface area contributed by atoms with Gasteiger partial charge in [0.2, 0.25) is 5.91 Å². The van der Waals surface area contributed by atoms with Crippen LogP contribution in [-0.4, -0.2) is 48.7 Å². The number of rotatable bonds is 7. The number of hydrazone groups is 1. The molecular weight excluding hydrogens is 532 g/mol. The molecule has 0 radical (unpaired) electrons. The first kappa shape index (κ1) is 28.1. The first-order chi connectivity index (χ1) is 17.1. The van der Waals surface area contributed by atoms with E-state index in [4.69, 9.17) is 16.3 Å². The standard InChI is InChI=1S/C23H20ClF6N3O4/c1-3-36-20(35)21(2)12-33(32-19(21)13-4-9-16(17(24)10-13)22(25,26)27)11-18(34)31-14-5-7-15(8-6-14)37-23(28,29)30/h4-10H,3,11-12H2,1-2H3,(H,31,34). The largest absolute Gasteiger partial charge is 0.573 e. The minimum atomic E-state index is -4.86. The Morgan fingerprint density at radius 1 is 1.11 bits per heavy atom. The van der Waals surface area contributed by atoms with Crippen LogP contribution in [0.25, 0.3) is 0 Å². The van der Waals surface area contributed by atoms with Crippen LogP contribution in [0.1, 0.15) is 25.0 Å². The molecule has 200 valence electrons. The maximum absolute atomic E-state index is 13.1. The molecule has 1 N–H and O–H groups in total. The lowest BCUT2D eigenvalue weighted by molar-refractivity contribution is -0.274. The van der Waals surface area contributed by atoms with Crippen molar-refractivity contribution in [1.29, 1.82) is 0 Å². The third-order valence-electron chi connectivity index (χ3n) is 5.23. The van der Waals surface area contributed by atoms with Crippen LogP contribution >= 0.6 is 11.6 Å². The second-order valence-electron chi connectivity index (χ2n) is 8.14. The van der Waals surface area contributed by atoms with E-state index in [0.717, 1.165) is 30.3 Å². The second-order valence-corrected chi connectivity index (χ2v) is 8.54. The summed E-state index contributed by atoms with van der Waals surface area (Å²) in [5.41, 5.74) is -2.13. The summed E-state index contributed by atoms with van der Waals surface area (Å²) < 4.78 is 85.1. The minimum absolute atomic E-state index is 0.0318. The van der Waals surface area contributed by atoms with E-state index in [2.05, 4.69) is 15.2 Å². The van der Waals surface area contributed by atoms with Gasteiger partial charge in [0.1, 0.15) is 17.7 Å². The number of carbonyl (C=O) groups is 2. The quantitative estimate of drug-likeness (QED) is 0.364. The summed E-state index contributed by atoms with van der Waals surface area (Å²) in [7, 11) is 0. The van der Waals surface area contributed by atoms with Crippen LogP contribution in [0.2, 0.25) is 5.02 Å². The molecule has 2 aromatic carbocycles. The molecule has 1 unspecified atom stereocenters. The zero-order valence-electron chi connectivity index (χ0n) is 19.3. The SMILES string of the molecule is CCOC(=O)C1(C)CN(CC(=O)Nc2ccc(OC(F)(F)F)cc2)N=C1c1ccc(C(F)(F)F)c(Cl)c1. The Labute approximate surface area is 212 Å². The van der Waals surface area contributed by atoms with Crippen LogP contribution in [0.5, 0.6) is 5.75 Å². The second kappa shape index (κ2) is 10.5. The molecule has 0 fully saturated rings. The van der Waals surface area contributed by atoms with Crippen LogP contribution in [0, 0.1) is 5.41 Å². The fraction of sp³-hybridized carbons (Fsp3) is 0.348. The smallest absolute Gasteiger partial charge is 0.465 e. The Balaban J connectivity index is 1.81. The van der Waals surface area contributed by atoms with Gasteiger partial charge in [-0.05, 0) is 50.2 Å². The average molecular weight is 552 g/mol. The van der Waals surface area contributed by atoms with Crippen LogP contribution < -0.4 is 10.1 Å². The van der Waals surface area contributed by atoms with Gasteiger partial charge in [0, 0.05) is 11.3 Å². The summed E-state index contributed by atoms with van der Waals surface area (Å²) in [5.74, 6) is -1.79. The summed E-state index contributed by atoms with van der Waals surface area (Å²) in [4.78, 5) is 25.3. The van der Waals surface area contributed by atoms with E-state index in [1.807, 2.05) is 0 Å². The zero-order valence-corrected chi connectivity index (χ0v) is 20.1. The van der Waals surface area contributed by atoms with Crippen molar-refractivity contribution in [2.24, 2.45) is 10.5 Å². The van der Waals surface area contributed by atoms with Crippen molar-refractivity contribution in [2.75, 3.05) is 25.0 Å². The summed E-state index contributed by atoms with van der Waals surface area (Å²) >= 11 is 5.84. The van der Waals surface area contributed by atoms with Gasteiger partial charge in [-0.25, -0.2) is 0 Å². The number of hydrogen-bond donors (Lipinski definition) is 1. The van der Waals surface area contributed by atoms with E-state index in [1.165, 1.54) is 24.1 Å². The van der Waals surface area contributed by atoms with Crippen LogP contribution in [0.3, 0.4) is 0 Å². The molecule has 0 aromatic heterocycles. The molecule has 0 aliphatic carbocycles. The van der Waals surface area contributed by atoms with E-state index >= 15 is 0 Å². The molecule has 37 heavy (non-hydrogen) atoms. The van der Waals surface area contributed by atoms with Gasteiger partial charge in [0.05, 0.1) is 29.4 Å². The molecule has 0 saturated heterocycles. The zero-order chi connectivity index (χ0) is 27.6. The fourth-order valence-corrected chi connectivity index (χ4v) is 3.93. The Hall–Kier alpha value is -3.48. The van der Waals surface area contributed by atoms with Gasteiger partial charge in [-0.1, -0.05) is 17.7 Å². The highest BCUT2D eigenvalue weighted by Crippen LogP contribution is 2.38. The molecule has 0 bridgehead atoms. The minimum Gasteiger partial charge on any atom is -0.465 e. The number of amides is 1. The Morgan fingerprint density at radius 2 is 1.76 bits per heavy atom. The lowest BCUT2D eigenvalue weighted by atomic mass is 9.82. The molecule has 14 heteroatoms. The summed E-state index contributed by atoms with van der Waals surface area (Å²) in [6.07, 6.45) is -9.54. The molecule has 1 aliphatic rings. The van der Waals surface area contributed by atoms with Crippen molar-refractivity contribution in [1.82, 2.24) is 5.01 Å². The van der Waals surface area contributed by atoms with E-state index in [1.54, 1.807) is 6.92 Å². The third kappa shape index (κ3) is 6.85. The average Bonchev–Trinajstić information content (AvgIpc) is 3.10. The summed E-state index contributed by atoms with van der Waals surface area (Å²) in [6.45, 7) is 2.58. The van der Waals surface area contributed by atoms with Gasteiger partial charge in [-0.2, -0.15) is 18.3 Å². The molecule has 0 saturated carbocycles. The van der Waals surface area contributed by atoms with E-state index in [0.29, 0.717) is 0 Å². The third-order valence-corrected chi connectivity index (χ3v) is 5.55. The maximum atomic E-state index is 13.1. The van der Waals surface area contributed by atoms with E-state index in [9.17, 15) is 35.9 Å². The molecular formula is C23H20ClF6N3O4.